The molecule has 0 atom stereocenters. The van der Waals surface area contributed by atoms with Crippen molar-refractivity contribution in [1.82, 2.24) is 4.90 Å². The molecule has 0 aromatic rings. The number of rotatable bonds is 2. The number of piperidine rings is 1. The molecular formula is C12H22N2. The first kappa shape index (κ1) is 10.0. The van der Waals surface area contributed by atoms with Crippen molar-refractivity contribution in [2.75, 3.05) is 13.1 Å². The Morgan fingerprint density at radius 3 is 2.57 bits per heavy atom. The maximum Gasteiger partial charge on any atom is 0.0957 e. The Labute approximate surface area is 87.2 Å². The molecule has 0 unspecified atom stereocenters. The van der Waals surface area contributed by atoms with Crippen molar-refractivity contribution in [3.05, 3.63) is 0 Å². The van der Waals surface area contributed by atoms with Crippen LogP contribution in [0.3, 0.4) is 0 Å². The SMILES string of the molecule is N=C1CCCCN1CC1CCCCC1. The summed E-state index contributed by atoms with van der Waals surface area (Å²) in [6.45, 7) is 2.33. The third kappa shape index (κ3) is 2.49. The molecule has 2 heteroatoms. The first-order valence-corrected chi connectivity index (χ1v) is 6.18. The molecule has 0 aromatic heterocycles. The van der Waals surface area contributed by atoms with E-state index in [0.717, 1.165) is 24.7 Å². The van der Waals surface area contributed by atoms with Gasteiger partial charge in [0.15, 0.2) is 0 Å². The second-order valence-electron chi connectivity index (χ2n) is 4.85. The fourth-order valence-electron chi connectivity index (χ4n) is 2.77. The summed E-state index contributed by atoms with van der Waals surface area (Å²) in [4.78, 5) is 2.33. The third-order valence-electron chi connectivity index (χ3n) is 3.68. The van der Waals surface area contributed by atoms with Crippen LogP contribution in [0.15, 0.2) is 0 Å². The summed E-state index contributed by atoms with van der Waals surface area (Å²) in [5, 5.41) is 7.89. The van der Waals surface area contributed by atoms with Crippen LogP contribution in [0.1, 0.15) is 51.4 Å². The lowest BCUT2D eigenvalue weighted by atomic mass is 9.88. The molecule has 0 amide bonds. The Morgan fingerprint density at radius 2 is 1.86 bits per heavy atom. The van der Waals surface area contributed by atoms with Crippen molar-refractivity contribution >= 4 is 5.84 Å². The number of likely N-dealkylation sites (tertiary alicyclic amines) is 1. The molecule has 2 aliphatic rings. The van der Waals surface area contributed by atoms with Crippen LogP contribution in [0.5, 0.6) is 0 Å². The molecule has 1 saturated carbocycles. The normalized spacial score (nSPS) is 25.4. The van der Waals surface area contributed by atoms with E-state index in [-0.39, 0.29) is 0 Å². The van der Waals surface area contributed by atoms with E-state index in [1.807, 2.05) is 0 Å². The van der Waals surface area contributed by atoms with Crippen molar-refractivity contribution in [2.45, 2.75) is 51.4 Å². The van der Waals surface area contributed by atoms with Gasteiger partial charge < -0.3 is 4.90 Å². The standard InChI is InChI=1S/C12H22N2/c13-12-8-4-5-9-14(12)10-11-6-2-1-3-7-11/h11,13H,1-10H2. The molecular weight excluding hydrogens is 172 g/mol. The molecule has 0 aromatic carbocycles. The first-order valence-electron chi connectivity index (χ1n) is 6.18. The molecule has 1 N–H and O–H groups in total. The molecule has 2 fully saturated rings. The van der Waals surface area contributed by atoms with Gasteiger partial charge in [0.25, 0.3) is 0 Å². The summed E-state index contributed by atoms with van der Waals surface area (Å²) in [7, 11) is 0. The Kier molecular flexibility index (Phi) is 3.44. The van der Waals surface area contributed by atoms with Crippen molar-refractivity contribution in [3.8, 4) is 0 Å². The minimum Gasteiger partial charge on any atom is -0.360 e. The van der Waals surface area contributed by atoms with E-state index >= 15 is 0 Å². The van der Waals surface area contributed by atoms with Gasteiger partial charge in [-0.15, -0.1) is 0 Å². The average Bonchev–Trinajstić information content (AvgIpc) is 2.23. The largest absolute Gasteiger partial charge is 0.360 e. The lowest BCUT2D eigenvalue weighted by Gasteiger charge is -2.34. The highest BCUT2D eigenvalue weighted by molar-refractivity contribution is 5.79. The van der Waals surface area contributed by atoms with Crippen molar-refractivity contribution < 1.29 is 0 Å². The van der Waals surface area contributed by atoms with Crippen LogP contribution in [-0.2, 0) is 0 Å². The van der Waals surface area contributed by atoms with Crippen molar-refractivity contribution in [2.24, 2.45) is 5.92 Å². The average molecular weight is 194 g/mol. The first-order chi connectivity index (χ1) is 6.86. The van der Waals surface area contributed by atoms with Crippen LogP contribution in [0.25, 0.3) is 0 Å². The van der Waals surface area contributed by atoms with Gasteiger partial charge in [0, 0.05) is 19.5 Å². The summed E-state index contributed by atoms with van der Waals surface area (Å²) >= 11 is 0. The van der Waals surface area contributed by atoms with Crippen LogP contribution in [0.4, 0.5) is 0 Å². The second kappa shape index (κ2) is 4.81. The van der Waals surface area contributed by atoms with Crippen molar-refractivity contribution in [3.63, 3.8) is 0 Å². The lowest BCUT2D eigenvalue weighted by Crippen LogP contribution is -2.38. The van der Waals surface area contributed by atoms with Crippen LogP contribution in [0.2, 0.25) is 0 Å². The second-order valence-corrected chi connectivity index (χ2v) is 4.85. The highest BCUT2D eigenvalue weighted by Gasteiger charge is 2.20. The van der Waals surface area contributed by atoms with E-state index in [4.69, 9.17) is 5.41 Å². The van der Waals surface area contributed by atoms with E-state index in [9.17, 15) is 0 Å². The van der Waals surface area contributed by atoms with Gasteiger partial charge >= 0.3 is 0 Å². The minimum atomic E-state index is 0.891. The zero-order valence-electron chi connectivity index (χ0n) is 9.10. The zero-order chi connectivity index (χ0) is 9.80. The number of nitrogens with one attached hydrogen (secondary N) is 1. The van der Waals surface area contributed by atoms with Gasteiger partial charge in [-0.1, -0.05) is 19.3 Å². The van der Waals surface area contributed by atoms with Crippen LogP contribution in [-0.4, -0.2) is 23.8 Å². The summed E-state index contributed by atoms with van der Waals surface area (Å²) in [5.41, 5.74) is 0. The van der Waals surface area contributed by atoms with E-state index in [2.05, 4.69) is 4.90 Å². The van der Waals surface area contributed by atoms with Gasteiger partial charge in [-0.25, -0.2) is 0 Å². The highest BCUT2D eigenvalue weighted by atomic mass is 15.2. The van der Waals surface area contributed by atoms with Gasteiger partial charge in [0.05, 0.1) is 5.84 Å². The van der Waals surface area contributed by atoms with Gasteiger partial charge in [0.1, 0.15) is 0 Å². The summed E-state index contributed by atoms with van der Waals surface area (Å²) in [5.74, 6) is 1.80. The molecule has 0 bridgehead atoms. The Bertz CT molecular complexity index is 194. The summed E-state index contributed by atoms with van der Waals surface area (Å²) in [6.07, 6.45) is 10.7. The van der Waals surface area contributed by atoms with E-state index in [0.29, 0.717) is 0 Å². The number of amidine groups is 1. The molecule has 1 aliphatic heterocycles. The third-order valence-corrected chi connectivity index (χ3v) is 3.68. The fraction of sp³-hybridized carbons (Fsp3) is 0.917. The van der Waals surface area contributed by atoms with Gasteiger partial charge in [-0.05, 0) is 31.6 Å². The molecule has 14 heavy (non-hydrogen) atoms. The summed E-state index contributed by atoms with van der Waals surface area (Å²) < 4.78 is 0. The predicted octanol–water partition coefficient (Wildman–Crippen LogP) is 3.03. The number of hydrogen-bond donors (Lipinski definition) is 1. The molecule has 0 spiro atoms. The van der Waals surface area contributed by atoms with Crippen LogP contribution in [0, 0.1) is 11.3 Å². The molecule has 0 radical (unpaired) electrons. The Balaban J connectivity index is 1.79. The van der Waals surface area contributed by atoms with Crippen LogP contribution < -0.4 is 0 Å². The Morgan fingerprint density at radius 1 is 1.07 bits per heavy atom. The fourth-order valence-corrected chi connectivity index (χ4v) is 2.77. The molecule has 2 nitrogen and oxygen atoms in total. The molecule has 2 rings (SSSR count). The minimum absolute atomic E-state index is 0.891. The van der Waals surface area contributed by atoms with Gasteiger partial charge in [-0.3, -0.25) is 5.41 Å². The summed E-state index contributed by atoms with van der Waals surface area (Å²) in [6, 6.07) is 0. The quantitative estimate of drug-likeness (QED) is 0.718. The maximum atomic E-state index is 7.89. The molecule has 1 saturated heterocycles. The predicted molar refractivity (Wildman–Crippen MR) is 59.7 cm³/mol. The lowest BCUT2D eigenvalue weighted by molar-refractivity contribution is 0.257. The zero-order valence-corrected chi connectivity index (χ0v) is 9.10. The molecule has 1 aliphatic carbocycles. The topological polar surface area (TPSA) is 27.1 Å². The highest BCUT2D eigenvalue weighted by Crippen LogP contribution is 2.25. The van der Waals surface area contributed by atoms with E-state index in [1.165, 1.54) is 51.5 Å². The number of nitrogens with zero attached hydrogens (tertiary/aromatic N) is 1. The Hall–Kier alpha value is -0.530. The monoisotopic (exact) mass is 194 g/mol. The maximum absolute atomic E-state index is 7.89. The van der Waals surface area contributed by atoms with Gasteiger partial charge in [0.2, 0.25) is 0 Å². The van der Waals surface area contributed by atoms with Crippen LogP contribution >= 0.6 is 0 Å². The molecule has 1 heterocycles. The van der Waals surface area contributed by atoms with Crippen molar-refractivity contribution in [1.29, 1.82) is 5.41 Å². The van der Waals surface area contributed by atoms with Gasteiger partial charge in [-0.2, -0.15) is 0 Å². The number of hydrogen-bond acceptors (Lipinski definition) is 1. The smallest absolute Gasteiger partial charge is 0.0957 e. The van der Waals surface area contributed by atoms with E-state index in [1.54, 1.807) is 0 Å². The van der Waals surface area contributed by atoms with E-state index < -0.39 is 0 Å². The molecule has 80 valence electrons.